The summed E-state index contributed by atoms with van der Waals surface area (Å²) in [5, 5.41) is 11.0. The highest BCUT2D eigenvalue weighted by atomic mass is 35.5. The maximum Gasteiger partial charge on any atom is 0.417 e. The van der Waals surface area contributed by atoms with Crippen LogP contribution < -0.4 is 0 Å². The highest BCUT2D eigenvalue weighted by Crippen LogP contribution is 2.43. The van der Waals surface area contributed by atoms with Crippen LogP contribution in [0.15, 0.2) is 48.5 Å². The van der Waals surface area contributed by atoms with Crippen molar-refractivity contribution in [2.45, 2.75) is 57.7 Å². The maximum absolute atomic E-state index is 13.7. The zero-order chi connectivity index (χ0) is 20.9. The van der Waals surface area contributed by atoms with Gasteiger partial charge in [0.1, 0.15) is 0 Å². The van der Waals surface area contributed by atoms with Crippen molar-refractivity contribution in [3.8, 4) is 0 Å². The van der Waals surface area contributed by atoms with Crippen molar-refractivity contribution in [3.63, 3.8) is 0 Å². The second-order valence-corrected chi connectivity index (χ2v) is 7.70. The first-order chi connectivity index (χ1) is 12.4. The summed E-state index contributed by atoms with van der Waals surface area (Å²) in [6.45, 7) is 7.38. The van der Waals surface area contributed by atoms with Crippen molar-refractivity contribution in [1.29, 1.82) is 0 Å². The van der Waals surface area contributed by atoms with Gasteiger partial charge < -0.3 is 5.11 Å². The Kier molecular flexibility index (Phi) is 8.21. The van der Waals surface area contributed by atoms with Crippen LogP contribution in [0.4, 0.5) is 13.2 Å². The standard InChI is InChI=1S/C19H19Cl2F3O.C2H6/c1-17(2,14-6-4-3-5-7-14)12-18(25,19(22,23)24)11-13-8-9-15(20)16(21)10-13;1-2/h3-10,25H,11-12H2,1-2H3;1-2H3. The first kappa shape index (κ1) is 23.8. The molecule has 0 saturated heterocycles. The lowest BCUT2D eigenvalue weighted by Crippen LogP contribution is -2.50. The van der Waals surface area contributed by atoms with E-state index in [1.807, 2.05) is 13.8 Å². The predicted octanol–water partition coefficient (Wildman–Crippen LogP) is 7.22. The van der Waals surface area contributed by atoms with Gasteiger partial charge in [-0.15, -0.1) is 0 Å². The fourth-order valence-electron chi connectivity index (χ4n) is 2.97. The summed E-state index contributed by atoms with van der Waals surface area (Å²) in [7, 11) is 0. The SMILES string of the molecule is CC.CC(C)(CC(O)(Cc1ccc(Cl)c(Cl)c1)C(F)(F)F)c1ccccc1. The van der Waals surface area contributed by atoms with Crippen LogP contribution in [0.2, 0.25) is 10.0 Å². The van der Waals surface area contributed by atoms with Gasteiger partial charge in [0.15, 0.2) is 5.60 Å². The van der Waals surface area contributed by atoms with Gasteiger partial charge in [-0.3, -0.25) is 0 Å². The smallest absolute Gasteiger partial charge is 0.380 e. The molecule has 1 unspecified atom stereocenters. The molecule has 2 aromatic rings. The van der Waals surface area contributed by atoms with Crippen molar-refractivity contribution in [2.75, 3.05) is 0 Å². The lowest BCUT2D eigenvalue weighted by molar-refractivity contribution is -0.266. The molecule has 0 spiro atoms. The quantitative estimate of drug-likeness (QED) is 0.540. The average molecular weight is 421 g/mol. The Bertz CT molecular complexity index is 730. The summed E-state index contributed by atoms with van der Waals surface area (Å²) < 4.78 is 41.1. The number of hydrogen-bond donors (Lipinski definition) is 1. The van der Waals surface area contributed by atoms with Crippen molar-refractivity contribution in [2.24, 2.45) is 0 Å². The Labute approximate surface area is 169 Å². The average Bonchev–Trinajstić information content (AvgIpc) is 2.59. The van der Waals surface area contributed by atoms with E-state index in [4.69, 9.17) is 23.2 Å². The Morgan fingerprint density at radius 1 is 0.889 bits per heavy atom. The summed E-state index contributed by atoms with van der Waals surface area (Å²) >= 11 is 11.7. The largest absolute Gasteiger partial charge is 0.417 e. The van der Waals surface area contributed by atoms with Gasteiger partial charge in [-0.05, 0) is 35.1 Å². The Morgan fingerprint density at radius 3 is 1.93 bits per heavy atom. The molecule has 1 atom stereocenters. The van der Waals surface area contributed by atoms with Gasteiger partial charge in [0.2, 0.25) is 0 Å². The van der Waals surface area contributed by atoms with Gasteiger partial charge in [-0.1, -0.05) is 87.3 Å². The maximum atomic E-state index is 13.7. The van der Waals surface area contributed by atoms with Crippen LogP contribution in [-0.2, 0) is 11.8 Å². The molecular formula is C21H25Cl2F3O. The van der Waals surface area contributed by atoms with Crippen molar-refractivity contribution >= 4 is 23.2 Å². The molecule has 1 nitrogen and oxygen atoms in total. The molecule has 0 aliphatic carbocycles. The molecule has 6 heteroatoms. The van der Waals surface area contributed by atoms with E-state index in [-0.39, 0.29) is 15.6 Å². The number of halogens is 5. The molecule has 2 rings (SSSR count). The van der Waals surface area contributed by atoms with Gasteiger partial charge in [-0.2, -0.15) is 13.2 Å². The Hall–Kier alpha value is -1.23. The topological polar surface area (TPSA) is 20.2 Å². The minimum absolute atomic E-state index is 0.158. The summed E-state index contributed by atoms with van der Waals surface area (Å²) in [5.41, 5.74) is -2.75. The molecular weight excluding hydrogens is 396 g/mol. The molecule has 0 aromatic heterocycles. The third kappa shape index (κ3) is 6.13. The van der Waals surface area contributed by atoms with Gasteiger partial charge in [0, 0.05) is 6.42 Å². The molecule has 0 saturated carbocycles. The predicted molar refractivity (Wildman–Crippen MR) is 107 cm³/mol. The van der Waals surface area contributed by atoms with Gasteiger partial charge in [-0.25, -0.2) is 0 Å². The van der Waals surface area contributed by atoms with Gasteiger partial charge >= 0.3 is 6.18 Å². The highest BCUT2D eigenvalue weighted by Gasteiger charge is 2.55. The summed E-state index contributed by atoms with van der Waals surface area (Å²) in [6.07, 6.45) is -5.86. The highest BCUT2D eigenvalue weighted by molar-refractivity contribution is 6.42. The normalized spacial score (nSPS) is 14.1. The minimum atomic E-state index is -4.79. The summed E-state index contributed by atoms with van der Waals surface area (Å²) in [5.74, 6) is 0. The molecule has 0 amide bonds. The third-order valence-electron chi connectivity index (χ3n) is 4.30. The zero-order valence-corrected chi connectivity index (χ0v) is 17.4. The molecule has 0 heterocycles. The molecule has 2 aromatic carbocycles. The van der Waals surface area contributed by atoms with E-state index in [1.165, 1.54) is 18.2 Å². The van der Waals surface area contributed by atoms with Gasteiger partial charge in [0.25, 0.3) is 0 Å². The minimum Gasteiger partial charge on any atom is -0.380 e. The number of benzene rings is 2. The first-order valence-corrected chi connectivity index (χ1v) is 9.49. The van der Waals surface area contributed by atoms with Crippen LogP contribution in [0.1, 0.15) is 45.2 Å². The summed E-state index contributed by atoms with van der Waals surface area (Å²) in [4.78, 5) is 0. The number of rotatable bonds is 5. The van der Waals surface area contributed by atoms with Crippen LogP contribution in [0, 0.1) is 0 Å². The van der Waals surface area contributed by atoms with Crippen LogP contribution in [0.5, 0.6) is 0 Å². The summed E-state index contributed by atoms with van der Waals surface area (Å²) in [6, 6.07) is 13.1. The third-order valence-corrected chi connectivity index (χ3v) is 5.04. The van der Waals surface area contributed by atoms with E-state index in [1.54, 1.807) is 44.2 Å². The molecule has 150 valence electrons. The molecule has 0 aliphatic rings. The number of aliphatic hydroxyl groups is 1. The van der Waals surface area contributed by atoms with Crippen LogP contribution in [0.25, 0.3) is 0 Å². The van der Waals surface area contributed by atoms with Crippen molar-refractivity contribution < 1.29 is 18.3 Å². The van der Waals surface area contributed by atoms with E-state index in [9.17, 15) is 18.3 Å². The number of alkyl halides is 3. The fourth-order valence-corrected chi connectivity index (χ4v) is 3.29. The Morgan fingerprint density at radius 2 is 1.44 bits per heavy atom. The second-order valence-electron chi connectivity index (χ2n) is 6.88. The molecule has 1 N–H and O–H groups in total. The molecule has 0 bridgehead atoms. The Balaban J connectivity index is 0.00000176. The van der Waals surface area contributed by atoms with Crippen LogP contribution in [0.3, 0.4) is 0 Å². The number of hydrogen-bond acceptors (Lipinski definition) is 1. The van der Waals surface area contributed by atoms with Crippen LogP contribution in [-0.4, -0.2) is 16.9 Å². The van der Waals surface area contributed by atoms with Crippen molar-refractivity contribution in [3.05, 3.63) is 69.7 Å². The zero-order valence-electron chi connectivity index (χ0n) is 15.9. The van der Waals surface area contributed by atoms with E-state index in [0.29, 0.717) is 0 Å². The van der Waals surface area contributed by atoms with Gasteiger partial charge in [0.05, 0.1) is 10.0 Å². The van der Waals surface area contributed by atoms with E-state index in [0.717, 1.165) is 5.56 Å². The van der Waals surface area contributed by atoms with E-state index >= 15 is 0 Å². The molecule has 0 fully saturated rings. The molecule has 0 radical (unpaired) electrons. The van der Waals surface area contributed by atoms with Crippen LogP contribution >= 0.6 is 23.2 Å². The molecule has 27 heavy (non-hydrogen) atoms. The van der Waals surface area contributed by atoms with E-state index in [2.05, 4.69) is 0 Å². The van der Waals surface area contributed by atoms with Crippen molar-refractivity contribution in [1.82, 2.24) is 0 Å². The lowest BCUT2D eigenvalue weighted by Gasteiger charge is -2.38. The fraction of sp³-hybridized carbons (Fsp3) is 0.429. The molecule has 0 aliphatic heterocycles. The monoisotopic (exact) mass is 420 g/mol. The second kappa shape index (κ2) is 9.31. The first-order valence-electron chi connectivity index (χ1n) is 8.73. The van der Waals surface area contributed by atoms with E-state index < -0.39 is 30.0 Å². The lowest BCUT2D eigenvalue weighted by atomic mass is 9.73.